The van der Waals surface area contributed by atoms with E-state index in [1.807, 2.05) is 13.2 Å². The highest BCUT2D eigenvalue weighted by atomic mass is 32.2. The van der Waals surface area contributed by atoms with Crippen LogP contribution in [-0.2, 0) is 23.3 Å². The van der Waals surface area contributed by atoms with Gasteiger partial charge in [0.2, 0.25) is 0 Å². The fourth-order valence-corrected chi connectivity index (χ4v) is 2.46. The van der Waals surface area contributed by atoms with Crippen LogP contribution in [0.2, 0.25) is 0 Å². The maximum Gasteiger partial charge on any atom is 0.151 e. The molecule has 2 atom stereocenters. The predicted molar refractivity (Wildman–Crippen MR) is 64.1 cm³/mol. The number of likely N-dealkylation sites (N-methyl/N-ethyl adjacent to an activating group) is 1. The molecule has 0 radical (unpaired) electrons. The first-order valence-electron chi connectivity index (χ1n) is 5.18. The molecule has 0 aliphatic rings. The summed E-state index contributed by atoms with van der Waals surface area (Å²) in [5, 5.41) is 6.71. The second kappa shape index (κ2) is 4.97. The second-order valence-corrected chi connectivity index (χ2v) is 6.56. The average molecular weight is 245 g/mol. The van der Waals surface area contributed by atoms with E-state index in [-0.39, 0.29) is 6.04 Å². The molecule has 1 aromatic heterocycles. The van der Waals surface area contributed by atoms with Crippen LogP contribution in [0.25, 0.3) is 0 Å². The molecular weight excluding hydrogens is 226 g/mol. The van der Waals surface area contributed by atoms with Gasteiger partial charge in [-0.3, -0.25) is 4.68 Å². The van der Waals surface area contributed by atoms with Gasteiger partial charge in [0.25, 0.3) is 0 Å². The van der Waals surface area contributed by atoms with Crippen molar-refractivity contribution in [2.75, 3.05) is 13.3 Å². The third-order valence-corrected chi connectivity index (χ3v) is 4.51. The molecule has 2 unspecified atom stereocenters. The van der Waals surface area contributed by atoms with Crippen LogP contribution in [0.5, 0.6) is 0 Å². The van der Waals surface area contributed by atoms with Crippen LogP contribution >= 0.6 is 0 Å². The highest BCUT2D eigenvalue weighted by molar-refractivity contribution is 7.91. The van der Waals surface area contributed by atoms with Crippen molar-refractivity contribution >= 4 is 9.84 Å². The van der Waals surface area contributed by atoms with Crippen molar-refractivity contribution in [3.05, 3.63) is 18.0 Å². The summed E-state index contributed by atoms with van der Waals surface area (Å²) in [5.41, 5.74) is 1.04. The molecule has 92 valence electrons. The lowest BCUT2D eigenvalue weighted by molar-refractivity contribution is 0.516. The van der Waals surface area contributed by atoms with Crippen molar-refractivity contribution in [1.82, 2.24) is 15.1 Å². The Hall–Kier alpha value is -0.880. The summed E-state index contributed by atoms with van der Waals surface area (Å²) in [6, 6.07) is -0.0841. The van der Waals surface area contributed by atoms with Crippen molar-refractivity contribution in [1.29, 1.82) is 0 Å². The summed E-state index contributed by atoms with van der Waals surface area (Å²) in [7, 11) is 0.608. The van der Waals surface area contributed by atoms with E-state index in [1.165, 1.54) is 6.26 Å². The van der Waals surface area contributed by atoms with Gasteiger partial charge >= 0.3 is 0 Å². The third-order valence-electron chi connectivity index (χ3n) is 2.83. The van der Waals surface area contributed by atoms with E-state index >= 15 is 0 Å². The van der Waals surface area contributed by atoms with Crippen molar-refractivity contribution in [3.63, 3.8) is 0 Å². The van der Waals surface area contributed by atoms with E-state index in [1.54, 1.807) is 24.9 Å². The molecule has 1 aromatic rings. The SMILES string of the molecule is CNC(Cc1cnn(C)c1)C(C)S(C)(=O)=O. The smallest absolute Gasteiger partial charge is 0.151 e. The van der Waals surface area contributed by atoms with Crippen LogP contribution in [0.1, 0.15) is 12.5 Å². The summed E-state index contributed by atoms with van der Waals surface area (Å²) in [4.78, 5) is 0. The number of nitrogens with zero attached hydrogens (tertiary/aromatic N) is 2. The molecule has 5 nitrogen and oxygen atoms in total. The maximum atomic E-state index is 11.5. The minimum atomic E-state index is -3.02. The Morgan fingerprint density at radius 3 is 2.56 bits per heavy atom. The van der Waals surface area contributed by atoms with E-state index in [9.17, 15) is 8.42 Å². The van der Waals surface area contributed by atoms with Crippen molar-refractivity contribution in [2.24, 2.45) is 7.05 Å². The minimum Gasteiger partial charge on any atom is -0.315 e. The number of nitrogens with one attached hydrogen (secondary N) is 1. The number of aryl methyl sites for hydroxylation is 1. The summed E-state index contributed by atoms with van der Waals surface area (Å²) < 4.78 is 24.6. The van der Waals surface area contributed by atoms with E-state index in [4.69, 9.17) is 0 Å². The Bertz CT molecular complexity index is 439. The Kier molecular flexibility index (Phi) is 4.09. The monoisotopic (exact) mass is 245 g/mol. The van der Waals surface area contributed by atoms with Gasteiger partial charge in [-0.15, -0.1) is 0 Å². The van der Waals surface area contributed by atoms with Crippen molar-refractivity contribution in [3.8, 4) is 0 Å². The topological polar surface area (TPSA) is 64.0 Å². The van der Waals surface area contributed by atoms with Crippen LogP contribution < -0.4 is 5.32 Å². The van der Waals surface area contributed by atoms with Gasteiger partial charge in [-0.05, 0) is 26.0 Å². The Morgan fingerprint density at radius 2 is 2.19 bits per heavy atom. The van der Waals surface area contributed by atoms with E-state index in [2.05, 4.69) is 10.4 Å². The van der Waals surface area contributed by atoms with Gasteiger partial charge in [-0.2, -0.15) is 5.10 Å². The summed E-state index contributed by atoms with van der Waals surface area (Å²) in [6.07, 6.45) is 5.60. The van der Waals surface area contributed by atoms with Gasteiger partial charge < -0.3 is 5.32 Å². The first-order valence-corrected chi connectivity index (χ1v) is 7.13. The molecule has 0 saturated heterocycles. The van der Waals surface area contributed by atoms with Crippen LogP contribution in [0.3, 0.4) is 0 Å². The van der Waals surface area contributed by atoms with Gasteiger partial charge in [-0.25, -0.2) is 8.42 Å². The standard InChI is InChI=1S/C10H19N3O2S/c1-8(16(4,14)15)10(11-2)5-9-6-12-13(3)7-9/h6-8,10-11H,5H2,1-4H3. The molecule has 0 amide bonds. The third kappa shape index (κ3) is 3.31. The lowest BCUT2D eigenvalue weighted by Crippen LogP contribution is -2.41. The Balaban J connectivity index is 2.77. The highest BCUT2D eigenvalue weighted by Gasteiger charge is 2.24. The molecule has 0 bridgehead atoms. The normalized spacial score (nSPS) is 16.0. The Labute approximate surface area is 96.8 Å². The molecule has 0 aromatic carbocycles. The lowest BCUT2D eigenvalue weighted by Gasteiger charge is -2.21. The van der Waals surface area contributed by atoms with Gasteiger partial charge in [0.05, 0.1) is 11.4 Å². The zero-order chi connectivity index (χ0) is 12.3. The average Bonchev–Trinajstić information content (AvgIpc) is 2.58. The van der Waals surface area contributed by atoms with Crippen molar-refractivity contribution in [2.45, 2.75) is 24.6 Å². The van der Waals surface area contributed by atoms with Gasteiger partial charge in [-0.1, -0.05) is 0 Å². The zero-order valence-electron chi connectivity index (χ0n) is 10.1. The molecule has 1 heterocycles. The molecule has 16 heavy (non-hydrogen) atoms. The largest absolute Gasteiger partial charge is 0.315 e. The molecule has 6 heteroatoms. The fourth-order valence-electron chi connectivity index (χ4n) is 1.63. The van der Waals surface area contributed by atoms with Gasteiger partial charge in [0, 0.05) is 25.5 Å². The number of hydrogen-bond donors (Lipinski definition) is 1. The molecule has 1 N–H and O–H groups in total. The quantitative estimate of drug-likeness (QED) is 0.792. The molecular formula is C10H19N3O2S. The fraction of sp³-hybridized carbons (Fsp3) is 0.700. The number of hydrogen-bond acceptors (Lipinski definition) is 4. The molecule has 0 saturated carbocycles. The lowest BCUT2D eigenvalue weighted by atomic mass is 10.1. The molecule has 0 fully saturated rings. The molecule has 0 aliphatic heterocycles. The summed E-state index contributed by atoms with van der Waals surface area (Å²) in [6.45, 7) is 1.73. The van der Waals surface area contributed by atoms with Gasteiger partial charge in [0.1, 0.15) is 0 Å². The summed E-state index contributed by atoms with van der Waals surface area (Å²) >= 11 is 0. The number of aromatic nitrogens is 2. The highest BCUT2D eigenvalue weighted by Crippen LogP contribution is 2.10. The number of sulfone groups is 1. The first-order chi connectivity index (χ1) is 7.34. The van der Waals surface area contributed by atoms with E-state index < -0.39 is 15.1 Å². The van der Waals surface area contributed by atoms with Crippen LogP contribution in [0, 0.1) is 0 Å². The zero-order valence-corrected chi connectivity index (χ0v) is 11.0. The second-order valence-electron chi connectivity index (χ2n) is 4.16. The first kappa shape index (κ1) is 13.2. The van der Waals surface area contributed by atoms with Crippen LogP contribution in [0.15, 0.2) is 12.4 Å². The van der Waals surface area contributed by atoms with Crippen LogP contribution in [-0.4, -0.2) is 42.8 Å². The molecule has 0 spiro atoms. The van der Waals surface area contributed by atoms with E-state index in [0.29, 0.717) is 6.42 Å². The van der Waals surface area contributed by atoms with E-state index in [0.717, 1.165) is 5.56 Å². The van der Waals surface area contributed by atoms with Gasteiger partial charge in [0.15, 0.2) is 9.84 Å². The minimum absolute atomic E-state index is 0.0841. The molecule has 1 rings (SSSR count). The predicted octanol–water partition coefficient (Wildman–Crippen LogP) is -0.0163. The molecule has 0 aliphatic carbocycles. The maximum absolute atomic E-state index is 11.5. The van der Waals surface area contributed by atoms with Crippen molar-refractivity contribution < 1.29 is 8.42 Å². The Morgan fingerprint density at radius 1 is 1.56 bits per heavy atom. The number of rotatable bonds is 5. The van der Waals surface area contributed by atoms with Crippen LogP contribution in [0.4, 0.5) is 0 Å². The summed E-state index contributed by atoms with van der Waals surface area (Å²) in [5.74, 6) is 0.